The summed E-state index contributed by atoms with van der Waals surface area (Å²) in [6.07, 6.45) is -0.00708. The molecule has 4 heteroatoms. The maximum absolute atomic E-state index is 10.4. The number of carbonyl (C=O) groups is 1. The van der Waals surface area contributed by atoms with Crippen LogP contribution in [0.4, 0.5) is 4.79 Å². The minimum atomic E-state index is -0.637. The lowest BCUT2D eigenvalue weighted by Crippen LogP contribution is -2.19. The molecule has 1 amide bonds. The van der Waals surface area contributed by atoms with Gasteiger partial charge in [0, 0.05) is 0 Å². The Morgan fingerprint density at radius 2 is 2.67 bits per heavy atom. The highest BCUT2D eigenvalue weighted by molar-refractivity contribution is 5.68. The van der Waals surface area contributed by atoms with E-state index >= 15 is 0 Å². The van der Waals surface area contributed by atoms with Gasteiger partial charge >= 0.3 is 6.09 Å². The summed E-state index contributed by atoms with van der Waals surface area (Å²) in [7, 11) is 0. The van der Waals surface area contributed by atoms with Crippen LogP contribution in [0.5, 0.6) is 0 Å². The van der Waals surface area contributed by atoms with Gasteiger partial charge in [-0.3, -0.25) is 5.21 Å². The molecule has 1 unspecified atom stereocenters. The zero-order chi connectivity index (χ0) is 6.85. The molecule has 0 aliphatic carbocycles. The van der Waals surface area contributed by atoms with Crippen molar-refractivity contribution in [3.8, 4) is 0 Å². The number of amides is 1. The Balaban J connectivity index is 2.44. The molecule has 0 radical (unpaired) electrons. The molecule has 0 saturated carbocycles. The van der Waals surface area contributed by atoms with Gasteiger partial charge in [-0.1, -0.05) is 6.92 Å². The van der Waals surface area contributed by atoms with Gasteiger partial charge in [0.05, 0.1) is 6.54 Å². The average molecular weight is 131 g/mol. The summed E-state index contributed by atoms with van der Waals surface area (Å²) < 4.78 is 4.66. The number of cyclic esters (lactones) is 1. The Morgan fingerprint density at radius 3 is 2.89 bits per heavy atom. The monoisotopic (exact) mass is 131 g/mol. The molecule has 1 N–H and O–H groups in total. The summed E-state index contributed by atoms with van der Waals surface area (Å²) >= 11 is 0. The summed E-state index contributed by atoms with van der Waals surface area (Å²) in [5.41, 5.74) is 0. The first-order chi connectivity index (χ1) is 4.24. The van der Waals surface area contributed by atoms with Crippen molar-refractivity contribution >= 4 is 6.09 Å². The summed E-state index contributed by atoms with van der Waals surface area (Å²) in [5, 5.41) is 9.25. The van der Waals surface area contributed by atoms with E-state index in [0.717, 1.165) is 6.42 Å². The number of nitrogens with zero attached hydrogens (tertiary/aromatic N) is 1. The summed E-state index contributed by atoms with van der Waals surface area (Å²) in [5.74, 6) is 0. The molecule has 1 rings (SSSR count). The van der Waals surface area contributed by atoms with Crippen molar-refractivity contribution in [3.05, 3.63) is 0 Å². The third-order valence-corrected chi connectivity index (χ3v) is 1.31. The lowest BCUT2D eigenvalue weighted by Gasteiger charge is -1.99. The molecule has 1 aliphatic heterocycles. The van der Waals surface area contributed by atoms with Crippen LogP contribution in [0.3, 0.4) is 0 Å². The number of rotatable bonds is 1. The fraction of sp³-hybridized carbons (Fsp3) is 0.800. The second kappa shape index (κ2) is 2.23. The number of hydroxylamine groups is 2. The van der Waals surface area contributed by atoms with Crippen molar-refractivity contribution in [1.82, 2.24) is 5.06 Å². The molecule has 0 bridgehead atoms. The predicted octanol–water partition coefficient (Wildman–Crippen LogP) is 0.606. The van der Waals surface area contributed by atoms with E-state index in [1.165, 1.54) is 0 Å². The zero-order valence-electron chi connectivity index (χ0n) is 5.20. The summed E-state index contributed by atoms with van der Waals surface area (Å²) in [6, 6.07) is 0. The minimum Gasteiger partial charge on any atom is -0.443 e. The quantitative estimate of drug-likeness (QED) is 0.530. The van der Waals surface area contributed by atoms with Crippen molar-refractivity contribution in [2.75, 3.05) is 6.54 Å². The first-order valence-electron chi connectivity index (χ1n) is 2.91. The van der Waals surface area contributed by atoms with Gasteiger partial charge in [-0.2, -0.15) is 5.06 Å². The molecule has 0 aromatic rings. The predicted molar refractivity (Wildman–Crippen MR) is 29.1 cm³/mol. The maximum atomic E-state index is 10.4. The fourth-order valence-corrected chi connectivity index (χ4v) is 0.721. The van der Waals surface area contributed by atoms with E-state index < -0.39 is 6.09 Å². The largest absolute Gasteiger partial charge is 0.443 e. The fourth-order valence-electron chi connectivity index (χ4n) is 0.721. The molecule has 4 nitrogen and oxygen atoms in total. The van der Waals surface area contributed by atoms with Crippen LogP contribution < -0.4 is 0 Å². The van der Waals surface area contributed by atoms with Crippen molar-refractivity contribution < 1.29 is 14.7 Å². The molecular formula is C5H9NO3. The second-order valence-corrected chi connectivity index (χ2v) is 2.00. The van der Waals surface area contributed by atoms with Crippen LogP contribution in [0.2, 0.25) is 0 Å². The maximum Gasteiger partial charge on any atom is 0.434 e. The number of carbonyl (C=O) groups excluding carboxylic acids is 1. The van der Waals surface area contributed by atoms with Crippen LogP contribution in [-0.2, 0) is 4.74 Å². The zero-order valence-corrected chi connectivity index (χ0v) is 5.20. The van der Waals surface area contributed by atoms with Crippen molar-refractivity contribution in [2.24, 2.45) is 0 Å². The van der Waals surface area contributed by atoms with Crippen LogP contribution in [0.15, 0.2) is 0 Å². The van der Waals surface area contributed by atoms with Gasteiger partial charge in [-0.15, -0.1) is 0 Å². The summed E-state index contributed by atoms with van der Waals surface area (Å²) in [4.78, 5) is 10.4. The van der Waals surface area contributed by atoms with Gasteiger partial charge in [0.25, 0.3) is 0 Å². The van der Waals surface area contributed by atoms with E-state index in [1.54, 1.807) is 0 Å². The van der Waals surface area contributed by atoms with Crippen molar-refractivity contribution in [2.45, 2.75) is 19.4 Å². The van der Waals surface area contributed by atoms with Gasteiger partial charge in [0.1, 0.15) is 6.10 Å². The van der Waals surface area contributed by atoms with Crippen molar-refractivity contribution in [1.29, 1.82) is 0 Å². The van der Waals surface area contributed by atoms with Crippen LogP contribution in [0, 0.1) is 0 Å². The SMILES string of the molecule is CCC1CN(O)C(=O)O1. The molecule has 1 heterocycles. The highest BCUT2D eigenvalue weighted by atomic mass is 16.7. The van der Waals surface area contributed by atoms with E-state index in [2.05, 4.69) is 4.74 Å². The standard InChI is InChI=1S/C5H9NO3/c1-2-4-3-6(8)5(7)9-4/h4,8H,2-3H2,1H3. The van der Waals surface area contributed by atoms with E-state index in [1.807, 2.05) is 6.92 Å². The second-order valence-electron chi connectivity index (χ2n) is 2.00. The van der Waals surface area contributed by atoms with Crippen LogP contribution >= 0.6 is 0 Å². The first kappa shape index (κ1) is 6.35. The molecule has 1 fully saturated rings. The molecule has 1 atom stereocenters. The molecule has 0 aromatic carbocycles. The van der Waals surface area contributed by atoms with E-state index in [9.17, 15) is 4.79 Å². The molecule has 0 spiro atoms. The minimum absolute atomic E-state index is 0.123. The van der Waals surface area contributed by atoms with Crippen molar-refractivity contribution in [3.63, 3.8) is 0 Å². The Hall–Kier alpha value is -0.770. The lowest BCUT2D eigenvalue weighted by atomic mass is 10.3. The van der Waals surface area contributed by atoms with Gasteiger partial charge in [0.15, 0.2) is 0 Å². The number of hydrogen-bond acceptors (Lipinski definition) is 3. The molecule has 1 saturated heterocycles. The smallest absolute Gasteiger partial charge is 0.434 e. The molecule has 1 aliphatic rings. The van der Waals surface area contributed by atoms with Gasteiger partial charge in [0.2, 0.25) is 0 Å². The van der Waals surface area contributed by atoms with E-state index in [-0.39, 0.29) is 6.10 Å². The third kappa shape index (κ3) is 1.13. The number of hydrogen-bond donors (Lipinski definition) is 1. The van der Waals surface area contributed by atoms with Crippen LogP contribution in [-0.4, -0.2) is 29.0 Å². The first-order valence-corrected chi connectivity index (χ1v) is 2.91. The Bertz CT molecular complexity index is 125. The Labute approximate surface area is 53.0 Å². The lowest BCUT2D eigenvalue weighted by molar-refractivity contribution is -0.0312. The summed E-state index contributed by atoms with van der Waals surface area (Å²) in [6.45, 7) is 2.20. The topological polar surface area (TPSA) is 49.8 Å². The highest BCUT2D eigenvalue weighted by Crippen LogP contribution is 2.10. The average Bonchev–Trinajstić information content (AvgIpc) is 2.13. The Morgan fingerprint density at radius 1 is 2.00 bits per heavy atom. The highest BCUT2D eigenvalue weighted by Gasteiger charge is 2.28. The molecule has 0 aromatic heterocycles. The van der Waals surface area contributed by atoms with Crippen LogP contribution in [0.1, 0.15) is 13.3 Å². The normalized spacial score (nSPS) is 26.7. The molecular weight excluding hydrogens is 122 g/mol. The molecule has 9 heavy (non-hydrogen) atoms. The van der Waals surface area contributed by atoms with E-state index in [4.69, 9.17) is 5.21 Å². The van der Waals surface area contributed by atoms with E-state index in [0.29, 0.717) is 11.6 Å². The van der Waals surface area contributed by atoms with Gasteiger partial charge < -0.3 is 4.74 Å². The Kier molecular flexibility index (Phi) is 1.57. The third-order valence-electron chi connectivity index (χ3n) is 1.31. The van der Waals surface area contributed by atoms with Gasteiger partial charge in [-0.25, -0.2) is 4.79 Å². The molecule has 52 valence electrons. The number of ether oxygens (including phenoxy) is 1. The van der Waals surface area contributed by atoms with Gasteiger partial charge in [-0.05, 0) is 6.42 Å². The van der Waals surface area contributed by atoms with Crippen LogP contribution in [0.25, 0.3) is 0 Å².